The van der Waals surface area contributed by atoms with Gasteiger partial charge >= 0.3 is 0 Å². The Bertz CT molecular complexity index is 1000. The van der Waals surface area contributed by atoms with Gasteiger partial charge in [0.1, 0.15) is 17.9 Å². The molecule has 0 aliphatic carbocycles. The molecule has 1 aliphatic rings. The number of hydrogen-bond acceptors (Lipinski definition) is 5. The number of rotatable bonds is 4. The molecule has 29 heavy (non-hydrogen) atoms. The third-order valence-corrected chi connectivity index (χ3v) is 5.73. The molecule has 0 spiro atoms. The molecule has 1 amide bonds. The molecular formula is C22H21BrN4O2. The zero-order valence-electron chi connectivity index (χ0n) is 16.1. The number of piperazine rings is 1. The smallest absolute Gasteiger partial charge is 0.255 e. The lowest BCUT2D eigenvalue weighted by Gasteiger charge is -2.35. The van der Waals surface area contributed by atoms with E-state index in [9.17, 15) is 4.79 Å². The normalized spacial score (nSPS) is 14.0. The van der Waals surface area contributed by atoms with E-state index in [-0.39, 0.29) is 5.91 Å². The summed E-state index contributed by atoms with van der Waals surface area (Å²) in [6.45, 7) is 2.77. The molecule has 0 bridgehead atoms. The van der Waals surface area contributed by atoms with Crippen molar-refractivity contribution in [2.75, 3.05) is 38.2 Å². The summed E-state index contributed by atoms with van der Waals surface area (Å²) in [7, 11) is 1.65. The summed E-state index contributed by atoms with van der Waals surface area (Å²) in [5.74, 6) is 1.74. The lowest BCUT2D eigenvalue weighted by Crippen LogP contribution is -2.49. The molecule has 0 saturated carbocycles. The third-order valence-electron chi connectivity index (χ3n) is 5.03. The molecule has 1 saturated heterocycles. The average molecular weight is 453 g/mol. The fourth-order valence-electron chi connectivity index (χ4n) is 3.38. The van der Waals surface area contributed by atoms with Crippen molar-refractivity contribution in [2.24, 2.45) is 0 Å². The Labute approximate surface area is 178 Å². The van der Waals surface area contributed by atoms with Gasteiger partial charge in [-0.25, -0.2) is 9.97 Å². The minimum Gasteiger partial charge on any atom is -0.497 e. The highest BCUT2D eigenvalue weighted by atomic mass is 79.9. The number of aromatic nitrogens is 2. The average Bonchev–Trinajstić information content (AvgIpc) is 2.79. The minimum absolute atomic E-state index is 0.0544. The van der Waals surface area contributed by atoms with Crippen LogP contribution >= 0.6 is 15.9 Å². The molecule has 6 nitrogen and oxygen atoms in total. The summed E-state index contributed by atoms with van der Waals surface area (Å²) in [6.07, 6.45) is 1.59. The number of carbonyl (C=O) groups is 1. The van der Waals surface area contributed by atoms with Crippen LogP contribution in [0, 0.1) is 0 Å². The van der Waals surface area contributed by atoms with E-state index in [0.29, 0.717) is 18.7 Å². The first kappa shape index (κ1) is 19.4. The Morgan fingerprint density at radius 2 is 1.72 bits per heavy atom. The molecule has 7 heteroatoms. The Balaban J connectivity index is 1.45. The van der Waals surface area contributed by atoms with Gasteiger partial charge in [0.15, 0.2) is 0 Å². The van der Waals surface area contributed by atoms with Crippen LogP contribution in [0.15, 0.2) is 65.4 Å². The van der Waals surface area contributed by atoms with Gasteiger partial charge in [-0.1, -0.05) is 12.1 Å². The van der Waals surface area contributed by atoms with Crippen LogP contribution in [-0.2, 0) is 0 Å². The van der Waals surface area contributed by atoms with Crippen LogP contribution in [-0.4, -0.2) is 54.1 Å². The maximum Gasteiger partial charge on any atom is 0.255 e. The first-order valence-corrected chi connectivity index (χ1v) is 10.2. The minimum atomic E-state index is 0.0544. The Hall–Kier alpha value is -2.93. The number of hydrogen-bond donors (Lipinski definition) is 0. The van der Waals surface area contributed by atoms with Crippen molar-refractivity contribution in [1.82, 2.24) is 14.9 Å². The van der Waals surface area contributed by atoms with Gasteiger partial charge in [-0.2, -0.15) is 0 Å². The van der Waals surface area contributed by atoms with Crippen molar-refractivity contribution in [1.29, 1.82) is 0 Å². The lowest BCUT2D eigenvalue weighted by atomic mass is 10.1. The van der Waals surface area contributed by atoms with Crippen molar-refractivity contribution in [3.05, 3.63) is 71.0 Å². The van der Waals surface area contributed by atoms with E-state index in [1.165, 1.54) is 0 Å². The highest BCUT2D eigenvalue weighted by Crippen LogP contribution is 2.24. The molecule has 2 heterocycles. The molecule has 148 valence electrons. The van der Waals surface area contributed by atoms with E-state index >= 15 is 0 Å². The van der Waals surface area contributed by atoms with Crippen molar-refractivity contribution in [2.45, 2.75) is 0 Å². The highest BCUT2D eigenvalue weighted by molar-refractivity contribution is 9.10. The number of anilines is 1. The first-order chi connectivity index (χ1) is 14.2. The molecule has 3 aromatic rings. The Morgan fingerprint density at radius 3 is 2.41 bits per heavy atom. The van der Waals surface area contributed by atoms with Crippen LogP contribution in [0.4, 0.5) is 5.82 Å². The summed E-state index contributed by atoms with van der Waals surface area (Å²) in [5.41, 5.74) is 2.58. The summed E-state index contributed by atoms with van der Waals surface area (Å²) >= 11 is 3.47. The summed E-state index contributed by atoms with van der Waals surface area (Å²) in [5, 5.41) is 0. The molecule has 1 fully saturated rings. The number of ether oxygens (including phenoxy) is 1. The first-order valence-electron chi connectivity index (χ1n) is 9.41. The number of methoxy groups -OCH3 is 1. The quantitative estimate of drug-likeness (QED) is 0.600. The molecule has 1 aromatic heterocycles. The van der Waals surface area contributed by atoms with Crippen LogP contribution in [0.5, 0.6) is 5.75 Å². The van der Waals surface area contributed by atoms with Gasteiger partial charge in [0, 0.05) is 42.3 Å². The predicted molar refractivity (Wildman–Crippen MR) is 116 cm³/mol. The van der Waals surface area contributed by atoms with E-state index in [0.717, 1.165) is 40.4 Å². The van der Waals surface area contributed by atoms with Crippen LogP contribution < -0.4 is 9.64 Å². The van der Waals surface area contributed by atoms with Gasteiger partial charge in [0.2, 0.25) is 0 Å². The molecule has 2 aromatic carbocycles. The van der Waals surface area contributed by atoms with Crippen molar-refractivity contribution in [3.8, 4) is 17.0 Å². The van der Waals surface area contributed by atoms with Crippen LogP contribution in [0.2, 0.25) is 0 Å². The topological polar surface area (TPSA) is 58.6 Å². The molecule has 1 aliphatic heterocycles. The third kappa shape index (κ3) is 4.24. The van der Waals surface area contributed by atoms with Gasteiger partial charge in [0.25, 0.3) is 5.91 Å². The number of benzene rings is 2. The maximum absolute atomic E-state index is 12.8. The van der Waals surface area contributed by atoms with E-state index in [1.54, 1.807) is 13.4 Å². The molecular weight excluding hydrogens is 432 g/mol. The van der Waals surface area contributed by atoms with Gasteiger partial charge in [-0.05, 0) is 52.3 Å². The van der Waals surface area contributed by atoms with Gasteiger partial charge in [-0.15, -0.1) is 0 Å². The van der Waals surface area contributed by atoms with E-state index < -0.39 is 0 Å². The Morgan fingerprint density at radius 1 is 1.00 bits per heavy atom. The number of halogens is 1. The summed E-state index contributed by atoms with van der Waals surface area (Å²) in [4.78, 5) is 25.7. The van der Waals surface area contributed by atoms with Crippen molar-refractivity contribution >= 4 is 27.7 Å². The number of amides is 1. The predicted octanol–water partition coefficient (Wildman–Crippen LogP) is 3.88. The second kappa shape index (κ2) is 8.61. The van der Waals surface area contributed by atoms with E-state index in [2.05, 4.69) is 30.8 Å². The fraction of sp³-hybridized carbons (Fsp3) is 0.227. The van der Waals surface area contributed by atoms with Crippen LogP contribution in [0.25, 0.3) is 11.3 Å². The number of nitrogens with zero attached hydrogens (tertiary/aromatic N) is 4. The summed E-state index contributed by atoms with van der Waals surface area (Å²) < 4.78 is 6.04. The second-order valence-electron chi connectivity index (χ2n) is 6.75. The van der Waals surface area contributed by atoms with Gasteiger partial charge < -0.3 is 14.5 Å². The SMILES string of the molecule is COc1ccc(-c2cc(N3CCN(C(=O)c4ccccc4Br)CC3)ncn2)cc1. The maximum atomic E-state index is 12.8. The molecule has 0 unspecified atom stereocenters. The van der Waals surface area contributed by atoms with Gasteiger partial charge in [-0.3, -0.25) is 4.79 Å². The zero-order valence-corrected chi connectivity index (χ0v) is 17.7. The van der Waals surface area contributed by atoms with Crippen molar-refractivity contribution in [3.63, 3.8) is 0 Å². The molecule has 0 atom stereocenters. The summed E-state index contributed by atoms with van der Waals surface area (Å²) in [6, 6.07) is 17.3. The van der Waals surface area contributed by atoms with E-state index in [1.807, 2.05) is 59.5 Å². The van der Waals surface area contributed by atoms with Crippen LogP contribution in [0.1, 0.15) is 10.4 Å². The second-order valence-corrected chi connectivity index (χ2v) is 7.60. The molecule has 0 N–H and O–H groups in total. The molecule has 4 rings (SSSR count). The standard InChI is InChI=1S/C22H21BrN4O2/c1-29-17-8-6-16(7-9-17)20-14-21(25-15-24-20)26-10-12-27(13-11-26)22(28)18-4-2-3-5-19(18)23/h2-9,14-15H,10-13H2,1H3. The lowest BCUT2D eigenvalue weighted by molar-refractivity contribution is 0.0745. The fourth-order valence-corrected chi connectivity index (χ4v) is 3.84. The van der Waals surface area contributed by atoms with Crippen molar-refractivity contribution < 1.29 is 9.53 Å². The monoisotopic (exact) mass is 452 g/mol. The zero-order chi connectivity index (χ0) is 20.2. The van der Waals surface area contributed by atoms with E-state index in [4.69, 9.17) is 4.74 Å². The largest absolute Gasteiger partial charge is 0.497 e. The Kier molecular flexibility index (Phi) is 5.76. The van der Waals surface area contributed by atoms with Crippen LogP contribution in [0.3, 0.4) is 0 Å². The number of carbonyl (C=O) groups excluding carboxylic acids is 1. The molecule has 0 radical (unpaired) electrons. The van der Waals surface area contributed by atoms with Gasteiger partial charge in [0.05, 0.1) is 18.4 Å². The highest BCUT2D eigenvalue weighted by Gasteiger charge is 2.24.